The lowest BCUT2D eigenvalue weighted by Crippen LogP contribution is -2.50. The Bertz CT molecular complexity index is 1080. The zero-order valence-corrected chi connectivity index (χ0v) is 21.3. The van der Waals surface area contributed by atoms with Gasteiger partial charge < -0.3 is 30.4 Å². The summed E-state index contributed by atoms with van der Waals surface area (Å²) in [5.74, 6) is -0.408. The number of aliphatic hydroxyl groups excluding tert-OH is 5. The van der Waals surface area contributed by atoms with Gasteiger partial charge in [-0.3, -0.25) is 24.6 Å². The minimum Gasteiger partial charge on any atom is -0.394 e. The van der Waals surface area contributed by atoms with Gasteiger partial charge in [-0.2, -0.15) is 0 Å². The molecule has 0 aromatic carbocycles. The van der Waals surface area contributed by atoms with Crippen LogP contribution in [0.15, 0.2) is 67.1 Å². The summed E-state index contributed by atoms with van der Waals surface area (Å²) in [6, 6.07) is 14.7. The molecule has 38 heavy (non-hydrogen) atoms. The second-order valence-corrected chi connectivity index (χ2v) is 8.93. The number of pyridine rings is 3. The van der Waals surface area contributed by atoms with Gasteiger partial charge in [0.05, 0.1) is 29.3 Å². The molecule has 0 unspecified atom stereocenters. The molecule has 0 saturated heterocycles. The largest absolute Gasteiger partial charge is 0.394 e. The van der Waals surface area contributed by atoms with Crippen LogP contribution in [0, 0.1) is 0 Å². The maximum Gasteiger partial charge on any atom is 0.255 e. The van der Waals surface area contributed by atoms with E-state index >= 15 is 0 Å². The van der Waals surface area contributed by atoms with Gasteiger partial charge in [0.1, 0.15) is 24.4 Å². The van der Waals surface area contributed by atoms with Gasteiger partial charge in [0.15, 0.2) is 0 Å². The fourth-order valence-electron chi connectivity index (χ4n) is 4.00. The number of rotatable bonds is 14. The number of aromatic nitrogens is 3. The lowest BCUT2D eigenvalue weighted by atomic mass is 10.0. The zero-order valence-electron chi connectivity index (χ0n) is 21.3. The predicted octanol–water partition coefficient (Wildman–Crippen LogP) is -0.0280. The SMILES string of the molecule is CCN(C[C@H](O)[C@@H](O)[C@H](O)[C@H](O)CO)C(=O)c1cccnc1CN(Cc1ccccn1)Cc1ccccn1. The Morgan fingerprint density at radius 3 is 1.89 bits per heavy atom. The highest BCUT2D eigenvalue weighted by Gasteiger charge is 2.32. The lowest BCUT2D eigenvalue weighted by Gasteiger charge is -2.30. The van der Waals surface area contributed by atoms with Crippen molar-refractivity contribution in [2.75, 3.05) is 19.7 Å². The van der Waals surface area contributed by atoms with E-state index in [9.17, 15) is 25.2 Å². The Labute approximate surface area is 221 Å². The van der Waals surface area contributed by atoms with E-state index in [0.29, 0.717) is 30.9 Å². The molecule has 0 radical (unpaired) electrons. The number of hydrogen-bond acceptors (Lipinski definition) is 10. The Morgan fingerprint density at radius 2 is 1.37 bits per heavy atom. The van der Waals surface area contributed by atoms with Gasteiger partial charge in [-0.25, -0.2) is 0 Å². The summed E-state index contributed by atoms with van der Waals surface area (Å²) < 4.78 is 0. The van der Waals surface area contributed by atoms with Crippen LogP contribution in [0.5, 0.6) is 0 Å². The molecule has 3 aromatic heterocycles. The summed E-state index contributed by atoms with van der Waals surface area (Å²) in [6.07, 6.45) is -1.67. The summed E-state index contributed by atoms with van der Waals surface area (Å²) in [5.41, 5.74) is 2.55. The summed E-state index contributed by atoms with van der Waals surface area (Å²) >= 11 is 0. The minimum atomic E-state index is -1.77. The third-order valence-electron chi connectivity index (χ3n) is 6.12. The highest BCUT2D eigenvalue weighted by molar-refractivity contribution is 5.95. The monoisotopic (exact) mass is 525 g/mol. The van der Waals surface area contributed by atoms with Crippen LogP contribution in [0.25, 0.3) is 0 Å². The van der Waals surface area contributed by atoms with E-state index in [4.69, 9.17) is 5.11 Å². The number of aliphatic hydroxyl groups is 5. The fraction of sp³-hybridized carbons (Fsp3) is 0.407. The maximum atomic E-state index is 13.5. The number of carbonyl (C=O) groups is 1. The van der Waals surface area contributed by atoms with Crippen LogP contribution < -0.4 is 0 Å². The fourth-order valence-corrected chi connectivity index (χ4v) is 4.00. The lowest BCUT2D eigenvalue weighted by molar-refractivity contribution is -0.117. The van der Waals surface area contributed by atoms with Crippen LogP contribution in [0.3, 0.4) is 0 Å². The Kier molecular flexibility index (Phi) is 11.2. The number of amides is 1. The van der Waals surface area contributed by atoms with Crippen molar-refractivity contribution in [2.24, 2.45) is 0 Å². The summed E-state index contributed by atoms with van der Waals surface area (Å²) in [6.45, 7) is 2.16. The third kappa shape index (κ3) is 8.09. The van der Waals surface area contributed by atoms with E-state index in [2.05, 4.69) is 19.9 Å². The van der Waals surface area contributed by atoms with E-state index in [0.717, 1.165) is 11.4 Å². The van der Waals surface area contributed by atoms with Crippen molar-refractivity contribution in [3.63, 3.8) is 0 Å². The van der Waals surface area contributed by atoms with E-state index in [1.165, 1.54) is 4.90 Å². The predicted molar refractivity (Wildman–Crippen MR) is 138 cm³/mol. The normalized spacial score (nSPS) is 14.6. The molecule has 0 aliphatic rings. The first-order chi connectivity index (χ1) is 18.3. The first-order valence-corrected chi connectivity index (χ1v) is 12.4. The van der Waals surface area contributed by atoms with Gasteiger partial charge in [0.25, 0.3) is 5.91 Å². The minimum absolute atomic E-state index is 0.210. The van der Waals surface area contributed by atoms with Crippen LogP contribution >= 0.6 is 0 Å². The number of hydrogen-bond donors (Lipinski definition) is 5. The smallest absolute Gasteiger partial charge is 0.255 e. The second kappa shape index (κ2) is 14.6. The van der Waals surface area contributed by atoms with Crippen molar-refractivity contribution >= 4 is 5.91 Å². The van der Waals surface area contributed by atoms with Gasteiger partial charge in [0, 0.05) is 51.3 Å². The Hall–Kier alpha value is -3.32. The van der Waals surface area contributed by atoms with Crippen molar-refractivity contribution < 1.29 is 30.3 Å². The molecule has 3 rings (SSSR count). The molecule has 0 bridgehead atoms. The van der Waals surface area contributed by atoms with Crippen LogP contribution in [0.2, 0.25) is 0 Å². The molecule has 0 fully saturated rings. The highest BCUT2D eigenvalue weighted by Crippen LogP contribution is 2.17. The van der Waals surface area contributed by atoms with E-state index < -0.39 is 36.9 Å². The first-order valence-electron chi connectivity index (χ1n) is 12.4. The zero-order chi connectivity index (χ0) is 27.5. The van der Waals surface area contributed by atoms with E-state index in [-0.39, 0.29) is 13.1 Å². The molecule has 5 N–H and O–H groups in total. The molecule has 0 saturated carbocycles. The Balaban J connectivity index is 1.80. The van der Waals surface area contributed by atoms with Crippen molar-refractivity contribution in [2.45, 2.75) is 51.0 Å². The average molecular weight is 526 g/mol. The molecule has 4 atom stereocenters. The highest BCUT2D eigenvalue weighted by atomic mass is 16.4. The molecule has 3 aromatic rings. The standard InChI is InChI=1S/C27H35N5O6/c1-2-32(17-23(34)25(36)26(37)24(35)18-33)27(38)21-10-7-13-30-22(21)16-31(14-19-8-3-5-11-28-19)15-20-9-4-6-12-29-20/h3-13,23-26,33-37H,2,14-18H2,1H3/t23-,24+,25+,26+/m0/s1. The molecule has 0 aliphatic carbocycles. The number of likely N-dealkylation sites (N-methyl/N-ethyl adjacent to an activating group) is 1. The van der Waals surface area contributed by atoms with Crippen LogP contribution in [0.4, 0.5) is 0 Å². The van der Waals surface area contributed by atoms with Crippen molar-refractivity contribution in [3.05, 3.63) is 89.8 Å². The number of carbonyl (C=O) groups excluding carboxylic acids is 1. The molecule has 11 heteroatoms. The Morgan fingerprint density at radius 1 is 0.789 bits per heavy atom. The third-order valence-corrected chi connectivity index (χ3v) is 6.12. The molecular formula is C27H35N5O6. The van der Waals surface area contributed by atoms with Gasteiger partial charge in [-0.15, -0.1) is 0 Å². The topological polar surface area (TPSA) is 163 Å². The van der Waals surface area contributed by atoms with Gasteiger partial charge in [-0.1, -0.05) is 12.1 Å². The van der Waals surface area contributed by atoms with Crippen molar-refractivity contribution in [1.82, 2.24) is 24.8 Å². The van der Waals surface area contributed by atoms with Gasteiger partial charge in [-0.05, 0) is 43.3 Å². The van der Waals surface area contributed by atoms with Crippen LogP contribution in [-0.2, 0) is 19.6 Å². The molecule has 1 amide bonds. The molecular weight excluding hydrogens is 490 g/mol. The second-order valence-electron chi connectivity index (χ2n) is 8.93. The average Bonchev–Trinajstić information content (AvgIpc) is 2.95. The quantitative estimate of drug-likeness (QED) is 0.193. The first kappa shape index (κ1) is 29.2. The van der Waals surface area contributed by atoms with Crippen molar-refractivity contribution in [3.8, 4) is 0 Å². The van der Waals surface area contributed by atoms with Crippen LogP contribution in [0.1, 0.15) is 34.4 Å². The van der Waals surface area contributed by atoms with Crippen LogP contribution in [-0.4, -0.2) is 100 Å². The van der Waals surface area contributed by atoms with Crippen molar-refractivity contribution in [1.29, 1.82) is 0 Å². The summed E-state index contributed by atoms with van der Waals surface area (Å²) in [7, 11) is 0. The summed E-state index contributed by atoms with van der Waals surface area (Å²) in [4.78, 5) is 30.2. The molecule has 11 nitrogen and oxygen atoms in total. The molecule has 0 aliphatic heterocycles. The molecule has 0 spiro atoms. The van der Waals surface area contributed by atoms with E-state index in [1.54, 1.807) is 37.6 Å². The summed E-state index contributed by atoms with van der Waals surface area (Å²) in [5, 5.41) is 49.2. The maximum absolute atomic E-state index is 13.5. The van der Waals surface area contributed by atoms with E-state index in [1.807, 2.05) is 36.4 Å². The molecule has 204 valence electrons. The molecule has 3 heterocycles. The van der Waals surface area contributed by atoms with Gasteiger partial charge >= 0.3 is 0 Å². The number of nitrogens with zero attached hydrogens (tertiary/aromatic N) is 5. The van der Waals surface area contributed by atoms with Gasteiger partial charge in [0.2, 0.25) is 0 Å².